The van der Waals surface area contributed by atoms with E-state index in [9.17, 15) is 9.90 Å². The van der Waals surface area contributed by atoms with E-state index >= 15 is 0 Å². The number of aryl methyl sites for hydroxylation is 3. The minimum Gasteiger partial charge on any atom is -0.507 e. The summed E-state index contributed by atoms with van der Waals surface area (Å²) >= 11 is 1.98. The molecular formula is C13H13IN2O2. The number of benzene rings is 1. The third-order valence-electron chi connectivity index (χ3n) is 2.79. The van der Waals surface area contributed by atoms with Gasteiger partial charge in [0.15, 0.2) is 0 Å². The van der Waals surface area contributed by atoms with Gasteiger partial charge in [0.25, 0.3) is 5.56 Å². The Morgan fingerprint density at radius 3 is 2.28 bits per heavy atom. The number of phenols is 1. The van der Waals surface area contributed by atoms with Crippen LogP contribution in [0.2, 0.25) is 0 Å². The van der Waals surface area contributed by atoms with Crippen LogP contribution in [0.5, 0.6) is 5.75 Å². The molecule has 0 unspecified atom stereocenters. The maximum absolute atomic E-state index is 11.7. The molecule has 1 aromatic carbocycles. The molecule has 1 heterocycles. The lowest BCUT2D eigenvalue weighted by Gasteiger charge is -2.08. The number of hydrogen-bond acceptors (Lipinski definition) is 3. The Bertz CT molecular complexity index is 654. The molecule has 0 aliphatic rings. The lowest BCUT2D eigenvalue weighted by atomic mass is 10.1. The molecule has 0 spiro atoms. The van der Waals surface area contributed by atoms with E-state index in [4.69, 9.17) is 0 Å². The van der Waals surface area contributed by atoms with Gasteiger partial charge in [-0.25, -0.2) is 4.98 Å². The van der Waals surface area contributed by atoms with E-state index in [0.717, 1.165) is 16.7 Å². The summed E-state index contributed by atoms with van der Waals surface area (Å²) in [5.74, 6) is 0.812. The molecule has 0 saturated heterocycles. The molecule has 2 N–H and O–H groups in total. The van der Waals surface area contributed by atoms with Crippen LogP contribution in [0.15, 0.2) is 16.9 Å². The topological polar surface area (TPSA) is 66.0 Å². The first-order valence-corrected chi connectivity index (χ1v) is 6.55. The van der Waals surface area contributed by atoms with Crippen molar-refractivity contribution < 1.29 is 5.11 Å². The van der Waals surface area contributed by atoms with Gasteiger partial charge in [-0.15, -0.1) is 0 Å². The van der Waals surface area contributed by atoms with Gasteiger partial charge in [-0.05, 0) is 66.6 Å². The van der Waals surface area contributed by atoms with E-state index in [0.29, 0.717) is 15.1 Å². The van der Waals surface area contributed by atoms with E-state index in [-0.39, 0.29) is 11.3 Å². The Hall–Kier alpha value is -1.37. The van der Waals surface area contributed by atoms with Crippen LogP contribution in [0.1, 0.15) is 16.8 Å². The van der Waals surface area contributed by atoms with Gasteiger partial charge >= 0.3 is 0 Å². The van der Waals surface area contributed by atoms with Crippen molar-refractivity contribution in [3.63, 3.8) is 0 Å². The van der Waals surface area contributed by atoms with Gasteiger partial charge in [0.2, 0.25) is 0 Å². The second-order valence-electron chi connectivity index (χ2n) is 4.27. The number of hydrogen-bond donors (Lipinski definition) is 2. The molecule has 18 heavy (non-hydrogen) atoms. The molecule has 0 atom stereocenters. The molecule has 0 aliphatic carbocycles. The summed E-state index contributed by atoms with van der Waals surface area (Å²) < 4.78 is 0.601. The van der Waals surface area contributed by atoms with E-state index in [1.54, 1.807) is 6.92 Å². The van der Waals surface area contributed by atoms with Gasteiger partial charge in [0.1, 0.15) is 11.6 Å². The highest BCUT2D eigenvalue weighted by Gasteiger charge is 2.10. The molecule has 5 heteroatoms. The van der Waals surface area contributed by atoms with E-state index in [1.165, 1.54) is 0 Å². The zero-order valence-electron chi connectivity index (χ0n) is 10.3. The van der Waals surface area contributed by atoms with E-state index in [1.807, 2.05) is 48.6 Å². The summed E-state index contributed by atoms with van der Waals surface area (Å²) in [5, 5.41) is 9.74. The molecule has 0 fully saturated rings. The fourth-order valence-corrected chi connectivity index (χ4v) is 2.06. The summed E-state index contributed by atoms with van der Waals surface area (Å²) in [7, 11) is 0. The van der Waals surface area contributed by atoms with Crippen LogP contribution >= 0.6 is 22.6 Å². The Labute approximate surface area is 118 Å². The van der Waals surface area contributed by atoms with Crippen LogP contribution in [0, 0.1) is 24.3 Å². The lowest BCUT2D eigenvalue weighted by Crippen LogP contribution is -2.14. The number of nitrogens with one attached hydrogen (secondary N) is 1. The van der Waals surface area contributed by atoms with Crippen LogP contribution in [-0.2, 0) is 0 Å². The maximum Gasteiger partial charge on any atom is 0.264 e. The first-order chi connectivity index (χ1) is 8.40. The average molecular weight is 356 g/mol. The standard InChI is InChI=1S/C13H13IN2O2/c1-6-4-9(5-7(2)11(6)17)12-15-8(3)10(14)13(18)16-12/h4-5,17H,1-3H3,(H,15,16,18). The van der Waals surface area contributed by atoms with Crippen molar-refractivity contribution in [1.82, 2.24) is 9.97 Å². The van der Waals surface area contributed by atoms with Crippen molar-refractivity contribution in [2.45, 2.75) is 20.8 Å². The average Bonchev–Trinajstić information content (AvgIpc) is 2.31. The quantitative estimate of drug-likeness (QED) is 0.773. The second-order valence-corrected chi connectivity index (χ2v) is 5.35. The molecule has 0 saturated carbocycles. The maximum atomic E-state index is 11.7. The lowest BCUT2D eigenvalue weighted by molar-refractivity contribution is 0.467. The molecular weight excluding hydrogens is 343 g/mol. The van der Waals surface area contributed by atoms with Crippen LogP contribution in [-0.4, -0.2) is 15.1 Å². The summed E-state index contributed by atoms with van der Waals surface area (Å²) in [6.07, 6.45) is 0. The SMILES string of the molecule is Cc1cc(-c2nc(C)c(I)c(=O)[nH]2)cc(C)c1O. The fourth-order valence-electron chi connectivity index (χ4n) is 1.80. The summed E-state index contributed by atoms with van der Waals surface area (Å²) in [6, 6.07) is 3.62. The molecule has 0 radical (unpaired) electrons. The van der Waals surface area contributed by atoms with Crippen molar-refractivity contribution >= 4 is 22.6 Å². The number of rotatable bonds is 1. The minimum atomic E-state index is -0.138. The zero-order chi connectivity index (χ0) is 13.4. The number of aromatic nitrogens is 2. The Balaban J connectivity index is 2.66. The molecule has 94 valence electrons. The Kier molecular flexibility index (Phi) is 3.43. The smallest absolute Gasteiger partial charge is 0.264 e. The van der Waals surface area contributed by atoms with E-state index in [2.05, 4.69) is 9.97 Å². The predicted molar refractivity (Wildman–Crippen MR) is 78.9 cm³/mol. The number of phenolic OH excluding ortho intramolecular Hbond substituents is 1. The monoisotopic (exact) mass is 356 g/mol. The highest BCUT2D eigenvalue weighted by atomic mass is 127. The summed E-state index contributed by atoms with van der Waals surface area (Å²) in [4.78, 5) is 18.8. The first-order valence-electron chi connectivity index (χ1n) is 5.47. The van der Waals surface area contributed by atoms with Crippen LogP contribution in [0.4, 0.5) is 0 Å². The zero-order valence-corrected chi connectivity index (χ0v) is 12.5. The third-order valence-corrected chi connectivity index (χ3v) is 4.06. The first kappa shape index (κ1) is 13.1. The fraction of sp³-hybridized carbons (Fsp3) is 0.231. The van der Waals surface area contributed by atoms with Crippen molar-refractivity contribution in [2.75, 3.05) is 0 Å². The summed E-state index contributed by atoms with van der Waals surface area (Å²) in [6.45, 7) is 5.45. The van der Waals surface area contributed by atoms with Crippen molar-refractivity contribution in [2.24, 2.45) is 0 Å². The molecule has 2 aromatic rings. The molecule has 0 bridgehead atoms. The molecule has 0 amide bonds. The number of aromatic hydroxyl groups is 1. The van der Waals surface area contributed by atoms with Crippen molar-refractivity contribution in [3.8, 4) is 17.1 Å². The minimum absolute atomic E-state index is 0.138. The van der Waals surface area contributed by atoms with Crippen LogP contribution in [0.3, 0.4) is 0 Å². The molecule has 4 nitrogen and oxygen atoms in total. The third kappa shape index (κ3) is 2.27. The number of halogens is 1. The van der Waals surface area contributed by atoms with Gasteiger partial charge in [-0.3, -0.25) is 4.79 Å². The van der Waals surface area contributed by atoms with Gasteiger partial charge in [0, 0.05) is 5.56 Å². The Morgan fingerprint density at radius 1 is 1.22 bits per heavy atom. The van der Waals surface area contributed by atoms with Crippen LogP contribution in [0.25, 0.3) is 11.4 Å². The van der Waals surface area contributed by atoms with Crippen molar-refractivity contribution in [3.05, 3.63) is 42.9 Å². The summed E-state index contributed by atoms with van der Waals surface area (Å²) in [5.41, 5.74) is 2.91. The number of H-pyrrole nitrogens is 1. The highest BCUT2D eigenvalue weighted by molar-refractivity contribution is 14.1. The number of aromatic amines is 1. The number of nitrogens with zero attached hydrogens (tertiary/aromatic N) is 1. The van der Waals surface area contributed by atoms with Crippen LogP contribution < -0.4 is 5.56 Å². The normalized spacial score (nSPS) is 10.7. The molecule has 0 aliphatic heterocycles. The van der Waals surface area contributed by atoms with Gasteiger partial charge in [-0.1, -0.05) is 0 Å². The highest BCUT2D eigenvalue weighted by Crippen LogP contribution is 2.27. The van der Waals surface area contributed by atoms with E-state index < -0.39 is 0 Å². The Morgan fingerprint density at radius 2 is 1.78 bits per heavy atom. The van der Waals surface area contributed by atoms with Gasteiger partial charge < -0.3 is 10.1 Å². The van der Waals surface area contributed by atoms with Crippen molar-refractivity contribution in [1.29, 1.82) is 0 Å². The second kappa shape index (κ2) is 4.72. The molecule has 2 rings (SSSR count). The molecule has 1 aromatic heterocycles. The van der Waals surface area contributed by atoms with Gasteiger partial charge in [-0.2, -0.15) is 0 Å². The predicted octanol–water partition coefficient (Wildman–Crippen LogP) is 2.67. The largest absolute Gasteiger partial charge is 0.507 e. The van der Waals surface area contributed by atoms with Gasteiger partial charge in [0.05, 0.1) is 9.26 Å².